The van der Waals surface area contributed by atoms with E-state index < -0.39 is 11.9 Å². The maximum atomic E-state index is 12.1. The number of aromatic carboxylic acids is 1. The van der Waals surface area contributed by atoms with E-state index in [9.17, 15) is 9.59 Å². The number of rotatable bonds is 4. The van der Waals surface area contributed by atoms with Gasteiger partial charge in [0.15, 0.2) is 0 Å². The Morgan fingerprint density at radius 3 is 2.41 bits per heavy atom. The first-order chi connectivity index (χ1) is 10.5. The number of thiophene rings is 1. The van der Waals surface area contributed by atoms with E-state index in [0.29, 0.717) is 5.69 Å². The minimum Gasteiger partial charge on any atom is -0.478 e. The number of nitriles is 1. The van der Waals surface area contributed by atoms with E-state index in [4.69, 9.17) is 10.4 Å². The lowest BCUT2D eigenvalue weighted by Crippen LogP contribution is -2.13. The third-order valence-corrected chi connectivity index (χ3v) is 3.75. The van der Waals surface area contributed by atoms with E-state index in [1.54, 1.807) is 0 Å². The Balaban J connectivity index is 2.14. The fourth-order valence-corrected chi connectivity index (χ4v) is 2.54. The second kappa shape index (κ2) is 6.70. The predicted molar refractivity (Wildman–Crippen MR) is 84.7 cm³/mol. The Morgan fingerprint density at radius 2 is 1.91 bits per heavy atom. The van der Waals surface area contributed by atoms with Crippen LogP contribution in [0, 0.1) is 18.3 Å². The monoisotopic (exact) mass is 312 g/mol. The topological polar surface area (TPSA) is 90.2 Å². The van der Waals surface area contributed by atoms with Crippen molar-refractivity contribution in [2.75, 3.05) is 5.32 Å². The first kappa shape index (κ1) is 15.5. The summed E-state index contributed by atoms with van der Waals surface area (Å²) in [7, 11) is 0. The van der Waals surface area contributed by atoms with Crippen LogP contribution in [0.4, 0.5) is 5.69 Å². The summed E-state index contributed by atoms with van der Waals surface area (Å²) in [5.74, 6) is -1.57. The quantitative estimate of drug-likeness (QED) is 0.669. The molecule has 0 spiro atoms. The SMILES string of the molecule is Cc1ccc(/C=C(/C#N)C(=O)Nc2ccc(C(=O)O)cc2)s1. The number of aryl methyl sites for hydroxylation is 1. The van der Waals surface area contributed by atoms with Crippen molar-refractivity contribution < 1.29 is 14.7 Å². The van der Waals surface area contributed by atoms with Crippen molar-refractivity contribution in [2.24, 2.45) is 0 Å². The molecule has 1 heterocycles. The molecule has 0 bridgehead atoms. The van der Waals surface area contributed by atoms with Gasteiger partial charge in [-0.25, -0.2) is 4.79 Å². The summed E-state index contributed by atoms with van der Waals surface area (Å²) in [6.45, 7) is 1.94. The van der Waals surface area contributed by atoms with Gasteiger partial charge < -0.3 is 10.4 Å². The molecule has 0 aliphatic rings. The molecule has 5 nitrogen and oxygen atoms in total. The number of carboxylic acid groups (broad SMARTS) is 1. The number of nitrogens with one attached hydrogen (secondary N) is 1. The number of carboxylic acids is 1. The van der Waals surface area contributed by atoms with Crippen molar-refractivity contribution in [2.45, 2.75) is 6.92 Å². The first-order valence-electron chi connectivity index (χ1n) is 6.32. The minimum atomic E-state index is -1.04. The van der Waals surface area contributed by atoms with Gasteiger partial charge in [-0.2, -0.15) is 5.26 Å². The van der Waals surface area contributed by atoms with E-state index in [1.807, 2.05) is 25.1 Å². The molecule has 0 saturated carbocycles. The Bertz CT molecular complexity index is 782. The van der Waals surface area contributed by atoms with Gasteiger partial charge in [0.25, 0.3) is 5.91 Å². The van der Waals surface area contributed by atoms with Crippen LogP contribution in [0.5, 0.6) is 0 Å². The Hall–Kier alpha value is -2.91. The molecule has 0 unspecified atom stereocenters. The molecular weight excluding hydrogens is 300 g/mol. The molecule has 1 amide bonds. The highest BCUT2D eigenvalue weighted by Crippen LogP contribution is 2.19. The van der Waals surface area contributed by atoms with Crippen LogP contribution in [-0.2, 0) is 4.79 Å². The van der Waals surface area contributed by atoms with E-state index in [1.165, 1.54) is 41.7 Å². The number of nitrogens with zero attached hydrogens (tertiary/aromatic N) is 1. The van der Waals surface area contributed by atoms with Crippen LogP contribution in [0.15, 0.2) is 42.0 Å². The first-order valence-corrected chi connectivity index (χ1v) is 7.14. The number of carbonyl (C=O) groups is 2. The molecular formula is C16H12N2O3S. The smallest absolute Gasteiger partial charge is 0.335 e. The Morgan fingerprint density at radius 1 is 1.23 bits per heavy atom. The number of hydrogen-bond acceptors (Lipinski definition) is 4. The Kier molecular flexibility index (Phi) is 4.71. The molecule has 0 saturated heterocycles. The van der Waals surface area contributed by atoms with Gasteiger partial charge >= 0.3 is 5.97 Å². The molecule has 6 heteroatoms. The summed E-state index contributed by atoms with van der Waals surface area (Å²) in [4.78, 5) is 24.7. The van der Waals surface area contributed by atoms with E-state index in [2.05, 4.69) is 5.32 Å². The Labute approximate surface area is 131 Å². The number of hydrogen-bond donors (Lipinski definition) is 2. The molecule has 1 aromatic heterocycles. The number of benzene rings is 1. The summed E-state index contributed by atoms with van der Waals surface area (Å²) >= 11 is 1.49. The van der Waals surface area contributed by atoms with Crippen molar-refractivity contribution in [3.05, 3.63) is 57.3 Å². The molecule has 0 aliphatic heterocycles. The zero-order valence-corrected chi connectivity index (χ0v) is 12.5. The van der Waals surface area contributed by atoms with Gasteiger partial charge in [0.05, 0.1) is 5.56 Å². The maximum Gasteiger partial charge on any atom is 0.335 e. The second-order valence-corrected chi connectivity index (χ2v) is 5.77. The molecule has 0 aliphatic carbocycles. The molecule has 0 atom stereocenters. The molecule has 2 rings (SSSR count). The number of carbonyl (C=O) groups excluding carboxylic acids is 1. The molecule has 2 N–H and O–H groups in total. The zero-order valence-electron chi connectivity index (χ0n) is 11.7. The molecule has 110 valence electrons. The molecule has 1 aromatic carbocycles. The summed E-state index contributed by atoms with van der Waals surface area (Å²) < 4.78 is 0. The normalized spacial score (nSPS) is 10.8. The highest BCUT2D eigenvalue weighted by atomic mass is 32.1. The second-order valence-electron chi connectivity index (χ2n) is 4.45. The third kappa shape index (κ3) is 3.81. The van der Waals surface area contributed by atoms with E-state index in [-0.39, 0.29) is 11.1 Å². The maximum absolute atomic E-state index is 12.1. The van der Waals surface area contributed by atoms with Crippen LogP contribution in [0.3, 0.4) is 0 Å². The lowest BCUT2D eigenvalue weighted by atomic mass is 10.2. The van der Waals surface area contributed by atoms with Crippen molar-refractivity contribution in [1.82, 2.24) is 0 Å². The molecule has 0 fully saturated rings. The van der Waals surface area contributed by atoms with Gasteiger partial charge in [0, 0.05) is 15.4 Å². The van der Waals surface area contributed by atoms with Crippen molar-refractivity contribution in [1.29, 1.82) is 5.26 Å². The third-order valence-electron chi connectivity index (χ3n) is 2.80. The van der Waals surface area contributed by atoms with Crippen LogP contribution >= 0.6 is 11.3 Å². The minimum absolute atomic E-state index is 0.0100. The van der Waals surface area contributed by atoms with Crippen molar-refractivity contribution in [3.63, 3.8) is 0 Å². The molecule has 0 radical (unpaired) electrons. The summed E-state index contributed by atoms with van der Waals surface area (Å²) in [5, 5.41) is 20.5. The lowest BCUT2D eigenvalue weighted by molar-refractivity contribution is -0.112. The largest absolute Gasteiger partial charge is 0.478 e. The van der Waals surface area contributed by atoms with Gasteiger partial charge in [-0.3, -0.25) is 4.79 Å². The van der Waals surface area contributed by atoms with Crippen LogP contribution < -0.4 is 5.32 Å². The highest BCUT2D eigenvalue weighted by molar-refractivity contribution is 7.12. The van der Waals surface area contributed by atoms with Gasteiger partial charge in [-0.15, -0.1) is 11.3 Å². The van der Waals surface area contributed by atoms with Crippen LogP contribution in [0.2, 0.25) is 0 Å². The number of anilines is 1. The zero-order chi connectivity index (χ0) is 16.1. The fourth-order valence-electron chi connectivity index (χ4n) is 1.72. The van der Waals surface area contributed by atoms with Gasteiger partial charge in [0.1, 0.15) is 11.6 Å². The highest BCUT2D eigenvalue weighted by Gasteiger charge is 2.10. The predicted octanol–water partition coefficient (Wildman–Crippen LogP) is 3.30. The molecule has 22 heavy (non-hydrogen) atoms. The average molecular weight is 312 g/mol. The number of amides is 1. The average Bonchev–Trinajstić information content (AvgIpc) is 2.90. The van der Waals surface area contributed by atoms with Gasteiger partial charge in [-0.1, -0.05) is 0 Å². The van der Waals surface area contributed by atoms with Crippen molar-refractivity contribution in [3.8, 4) is 6.07 Å². The molecule has 2 aromatic rings. The lowest BCUT2D eigenvalue weighted by Gasteiger charge is -2.04. The van der Waals surface area contributed by atoms with Gasteiger partial charge in [0.2, 0.25) is 0 Å². The van der Waals surface area contributed by atoms with Gasteiger partial charge in [-0.05, 0) is 49.4 Å². The fraction of sp³-hybridized carbons (Fsp3) is 0.0625. The van der Waals surface area contributed by atoms with E-state index in [0.717, 1.165) is 9.75 Å². The van der Waals surface area contributed by atoms with Crippen molar-refractivity contribution >= 4 is 35.0 Å². The standard InChI is InChI=1S/C16H12N2O3S/c1-10-2-7-14(22-10)8-12(9-17)15(19)18-13-5-3-11(4-6-13)16(20)21/h2-8H,1H3,(H,18,19)(H,20,21)/b12-8-. The van der Waals surface area contributed by atoms with E-state index >= 15 is 0 Å². The van der Waals surface area contributed by atoms with Crippen LogP contribution in [-0.4, -0.2) is 17.0 Å². The summed E-state index contributed by atoms with van der Waals surface area (Å²) in [6.07, 6.45) is 1.53. The summed E-state index contributed by atoms with van der Waals surface area (Å²) in [5.41, 5.74) is 0.547. The summed E-state index contributed by atoms with van der Waals surface area (Å²) in [6, 6.07) is 11.3. The van der Waals surface area contributed by atoms with Crippen LogP contribution in [0.25, 0.3) is 6.08 Å². The van der Waals surface area contributed by atoms with Crippen LogP contribution in [0.1, 0.15) is 20.1 Å².